The first kappa shape index (κ1) is 18.5. The van der Waals surface area contributed by atoms with E-state index < -0.39 is 21.7 Å². The summed E-state index contributed by atoms with van der Waals surface area (Å²) in [5.41, 5.74) is 1.94. The first-order valence-electron chi connectivity index (χ1n) is 8.41. The Morgan fingerprint density at radius 1 is 1.19 bits per heavy atom. The summed E-state index contributed by atoms with van der Waals surface area (Å²) in [6.07, 6.45) is 2.65. The monoisotopic (exact) mass is 376 g/mol. The van der Waals surface area contributed by atoms with Gasteiger partial charge in [0.1, 0.15) is 5.82 Å². The van der Waals surface area contributed by atoms with Gasteiger partial charge >= 0.3 is 0 Å². The number of nitrogens with zero attached hydrogens (tertiary/aromatic N) is 1. The summed E-state index contributed by atoms with van der Waals surface area (Å²) in [4.78, 5) is 12.5. The lowest BCUT2D eigenvalue weighted by molar-refractivity contribution is 0.0928. The van der Waals surface area contributed by atoms with Crippen molar-refractivity contribution in [2.24, 2.45) is 0 Å². The third kappa shape index (κ3) is 3.50. The highest BCUT2D eigenvalue weighted by atomic mass is 32.2. The van der Waals surface area contributed by atoms with Crippen LogP contribution in [-0.4, -0.2) is 32.7 Å². The zero-order chi connectivity index (χ0) is 18.9. The maximum Gasteiger partial charge on any atom is 0.254 e. The molecule has 1 aliphatic carbocycles. The van der Waals surface area contributed by atoms with Crippen LogP contribution in [0.25, 0.3) is 0 Å². The van der Waals surface area contributed by atoms with Gasteiger partial charge in [-0.05, 0) is 48.6 Å². The molecule has 0 heterocycles. The van der Waals surface area contributed by atoms with E-state index in [0.717, 1.165) is 47.3 Å². The number of fused-ring (bicyclic) bond motifs is 1. The summed E-state index contributed by atoms with van der Waals surface area (Å²) in [6, 6.07) is 10.9. The van der Waals surface area contributed by atoms with E-state index in [1.807, 2.05) is 24.3 Å². The number of amides is 1. The largest absolute Gasteiger partial charge is 0.345 e. The molecule has 3 rings (SSSR count). The molecule has 5 nitrogen and oxygen atoms in total. The molecule has 26 heavy (non-hydrogen) atoms. The van der Waals surface area contributed by atoms with Crippen molar-refractivity contribution >= 4 is 15.9 Å². The molecule has 0 spiro atoms. The number of carbonyl (C=O) groups is 1. The predicted molar refractivity (Wildman–Crippen MR) is 96.9 cm³/mol. The SMILES string of the molecule is CN(C)S(=O)(=O)c1ccc(F)c(C(=O)N[C@H]2CCCc3ccccc32)c1. The Balaban J connectivity index is 1.90. The summed E-state index contributed by atoms with van der Waals surface area (Å²) in [5, 5.41) is 2.85. The van der Waals surface area contributed by atoms with Crippen molar-refractivity contribution < 1.29 is 17.6 Å². The minimum absolute atomic E-state index is 0.113. The summed E-state index contributed by atoms with van der Waals surface area (Å²) in [7, 11) is -0.972. The molecule has 0 saturated carbocycles. The van der Waals surface area contributed by atoms with Gasteiger partial charge in [0.15, 0.2) is 0 Å². The zero-order valence-corrected chi connectivity index (χ0v) is 15.5. The summed E-state index contributed by atoms with van der Waals surface area (Å²) in [6.45, 7) is 0. The number of carbonyl (C=O) groups excluding carboxylic acids is 1. The maximum absolute atomic E-state index is 14.2. The Bertz CT molecular complexity index is 942. The minimum Gasteiger partial charge on any atom is -0.345 e. The van der Waals surface area contributed by atoms with Gasteiger partial charge in [0.2, 0.25) is 10.0 Å². The Hall–Kier alpha value is -2.25. The standard InChI is InChI=1S/C19H21FN2O3S/c1-22(2)26(24,25)14-10-11-17(20)16(12-14)19(23)21-18-9-5-7-13-6-3-4-8-15(13)18/h3-4,6,8,10-12,18H,5,7,9H2,1-2H3,(H,21,23)/t18-/m0/s1. The lowest BCUT2D eigenvalue weighted by Crippen LogP contribution is -2.32. The van der Waals surface area contributed by atoms with Gasteiger partial charge < -0.3 is 5.32 Å². The summed E-state index contributed by atoms with van der Waals surface area (Å²) < 4.78 is 39.7. The predicted octanol–water partition coefficient (Wildman–Crippen LogP) is 2.88. The molecule has 0 bridgehead atoms. The van der Waals surface area contributed by atoms with Gasteiger partial charge in [-0.15, -0.1) is 0 Å². The van der Waals surface area contributed by atoms with E-state index in [1.54, 1.807) is 0 Å². The number of hydrogen-bond acceptors (Lipinski definition) is 3. The van der Waals surface area contributed by atoms with Crippen molar-refractivity contribution in [3.63, 3.8) is 0 Å². The molecule has 2 aromatic rings. The van der Waals surface area contributed by atoms with Crippen LogP contribution >= 0.6 is 0 Å². The molecule has 1 amide bonds. The molecular weight excluding hydrogens is 355 g/mol. The smallest absolute Gasteiger partial charge is 0.254 e. The van der Waals surface area contributed by atoms with Gasteiger partial charge in [-0.2, -0.15) is 0 Å². The fraction of sp³-hybridized carbons (Fsp3) is 0.316. The Morgan fingerprint density at radius 3 is 2.65 bits per heavy atom. The van der Waals surface area contributed by atoms with E-state index in [-0.39, 0.29) is 16.5 Å². The Kier molecular flexibility index (Phi) is 5.11. The van der Waals surface area contributed by atoms with Gasteiger partial charge in [-0.3, -0.25) is 4.79 Å². The quantitative estimate of drug-likeness (QED) is 0.892. The number of sulfonamides is 1. The maximum atomic E-state index is 14.2. The van der Waals surface area contributed by atoms with Crippen molar-refractivity contribution in [2.75, 3.05) is 14.1 Å². The second-order valence-electron chi connectivity index (χ2n) is 6.55. The van der Waals surface area contributed by atoms with Gasteiger partial charge in [-0.1, -0.05) is 24.3 Å². The molecule has 0 fully saturated rings. The van der Waals surface area contributed by atoms with Crippen molar-refractivity contribution in [1.82, 2.24) is 9.62 Å². The van der Waals surface area contributed by atoms with E-state index in [2.05, 4.69) is 5.32 Å². The summed E-state index contributed by atoms with van der Waals surface area (Å²) >= 11 is 0. The first-order valence-corrected chi connectivity index (χ1v) is 9.85. The second kappa shape index (κ2) is 7.17. The Labute approximate surface area is 152 Å². The van der Waals surface area contributed by atoms with Crippen LogP contribution in [-0.2, 0) is 16.4 Å². The van der Waals surface area contributed by atoms with E-state index in [4.69, 9.17) is 0 Å². The highest BCUT2D eigenvalue weighted by Gasteiger charge is 2.25. The average Bonchev–Trinajstić information content (AvgIpc) is 2.62. The lowest BCUT2D eigenvalue weighted by atomic mass is 9.87. The summed E-state index contributed by atoms with van der Waals surface area (Å²) in [5.74, 6) is -1.36. The third-order valence-corrected chi connectivity index (χ3v) is 6.45. The van der Waals surface area contributed by atoms with Gasteiger partial charge in [0.05, 0.1) is 16.5 Å². The third-order valence-electron chi connectivity index (χ3n) is 4.64. The molecule has 7 heteroatoms. The van der Waals surface area contributed by atoms with Crippen molar-refractivity contribution in [3.05, 3.63) is 65.0 Å². The van der Waals surface area contributed by atoms with Crippen molar-refractivity contribution in [1.29, 1.82) is 0 Å². The van der Waals surface area contributed by atoms with Gasteiger partial charge in [0, 0.05) is 14.1 Å². The molecule has 1 atom stereocenters. The van der Waals surface area contributed by atoms with Crippen molar-refractivity contribution in [3.8, 4) is 0 Å². The zero-order valence-electron chi connectivity index (χ0n) is 14.7. The van der Waals surface area contributed by atoms with Crippen LogP contribution in [0.4, 0.5) is 4.39 Å². The van der Waals surface area contributed by atoms with E-state index in [9.17, 15) is 17.6 Å². The molecule has 1 N–H and O–H groups in total. The van der Waals surface area contributed by atoms with E-state index >= 15 is 0 Å². The average molecular weight is 376 g/mol. The van der Waals surface area contributed by atoms with Crippen LogP contribution < -0.4 is 5.32 Å². The highest BCUT2D eigenvalue weighted by Crippen LogP contribution is 2.30. The molecule has 1 aliphatic rings. The van der Waals surface area contributed by atoms with E-state index in [0.29, 0.717) is 0 Å². The molecule has 138 valence electrons. The normalized spacial score (nSPS) is 17.0. The molecule has 0 unspecified atom stereocenters. The first-order chi connectivity index (χ1) is 12.3. The highest BCUT2D eigenvalue weighted by molar-refractivity contribution is 7.89. The number of hydrogen-bond donors (Lipinski definition) is 1. The minimum atomic E-state index is -3.74. The van der Waals surface area contributed by atoms with Crippen LogP contribution in [0.1, 0.15) is 40.4 Å². The van der Waals surface area contributed by atoms with E-state index in [1.165, 1.54) is 19.7 Å². The van der Waals surface area contributed by atoms with Crippen LogP contribution in [0.3, 0.4) is 0 Å². The van der Waals surface area contributed by atoms with Crippen LogP contribution in [0, 0.1) is 5.82 Å². The number of nitrogens with one attached hydrogen (secondary N) is 1. The lowest BCUT2D eigenvalue weighted by Gasteiger charge is -2.26. The number of aryl methyl sites for hydroxylation is 1. The van der Waals surface area contributed by atoms with Crippen LogP contribution in [0.2, 0.25) is 0 Å². The molecule has 0 saturated heterocycles. The second-order valence-corrected chi connectivity index (χ2v) is 8.70. The topological polar surface area (TPSA) is 66.5 Å². The number of halogens is 1. The number of benzene rings is 2. The molecule has 2 aromatic carbocycles. The fourth-order valence-electron chi connectivity index (χ4n) is 3.19. The fourth-order valence-corrected chi connectivity index (χ4v) is 4.12. The molecule has 0 aromatic heterocycles. The Morgan fingerprint density at radius 2 is 1.92 bits per heavy atom. The van der Waals surface area contributed by atoms with Gasteiger partial charge in [-0.25, -0.2) is 17.1 Å². The molecule has 0 radical (unpaired) electrons. The molecule has 0 aliphatic heterocycles. The van der Waals surface area contributed by atoms with Crippen LogP contribution in [0.5, 0.6) is 0 Å². The van der Waals surface area contributed by atoms with Crippen molar-refractivity contribution in [2.45, 2.75) is 30.2 Å². The van der Waals surface area contributed by atoms with Crippen LogP contribution in [0.15, 0.2) is 47.4 Å². The van der Waals surface area contributed by atoms with Gasteiger partial charge in [0.25, 0.3) is 5.91 Å². The molecular formula is C19H21FN2O3S. The number of rotatable bonds is 4.